The molecule has 1 aliphatic heterocycles. The van der Waals surface area contributed by atoms with E-state index >= 15 is 0 Å². The maximum atomic E-state index is 12.6. The molecule has 2 aromatic rings. The van der Waals surface area contributed by atoms with E-state index in [-0.39, 0.29) is 6.10 Å². The van der Waals surface area contributed by atoms with Gasteiger partial charge in [0.1, 0.15) is 6.04 Å². The number of nitrogens with zero attached hydrogens (tertiary/aromatic N) is 4. The van der Waals surface area contributed by atoms with Gasteiger partial charge in [-0.05, 0) is 48.9 Å². The molecule has 0 amide bonds. The van der Waals surface area contributed by atoms with Gasteiger partial charge in [0, 0.05) is 10.7 Å². The highest BCUT2D eigenvalue weighted by Crippen LogP contribution is 2.35. The van der Waals surface area contributed by atoms with E-state index in [0.29, 0.717) is 22.2 Å². The van der Waals surface area contributed by atoms with Crippen LogP contribution in [0.4, 0.5) is 5.95 Å². The summed E-state index contributed by atoms with van der Waals surface area (Å²) in [5, 5.41) is 15.3. The normalized spacial score (nSPS) is 17.0. The lowest BCUT2D eigenvalue weighted by Gasteiger charge is -2.27. The van der Waals surface area contributed by atoms with E-state index in [0.717, 1.165) is 5.56 Å². The fourth-order valence-corrected chi connectivity index (χ4v) is 2.63. The Labute approximate surface area is 138 Å². The number of benzene rings is 1. The van der Waals surface area contributed by atoms with Gasteiger partial charge in [0.05, 0.1) is 11.7 Å². The Morgan fingerprint density at radius 1 is 1.35 bits per heavy atom. The molecule has 120 valence electrons. The first kappa shape index (κ1) is 15.5. The van der Waals surface area contributed by atoms with E-state index in [1.54, 1.807) is 23.7 Å². The van der Waals surface area contributed by atoms with E-state index in [2.05, 4.69) is 20.8 Å². The molecule has 1 aromatic heterocycles. The number of nitrogens with one attached hydrogen (secondary N) is 1. The molecule has 0 spiro atoms. The maximum absolute atomic E-state index is 12.6. The molecule has 7 nitrogen and oxygen atoms in total. The lowest BCUT2D eigenvalue weighted by Crippen LogP contribution is -2.30. The first-order valence-corrected chi connectivity index (χ1v) is 7.57. The van der Waals surface area contributed by atoms with Crippen LogP contribution < -0.4 is 5.32 Å². The van der Waals surface area contributed by atoms with E-state index in [1.165, 1.54) is 0 Å². The largest absolute Gasteiger partial charge is 0.459 e. The van der Waals surface area contributed by atoms with Gasteiger partial charge in [-0.2, -0.15) is 4.68 Å². The van der Waals surface area contributed by atoms with Gasteiger partial charge in [-0.3, -0.25) is 0 Å². The Morgan fingerprint density at radius 3 is 2.70 bits per heavy atom. The summed E-state index contributed by atoms with van der Waals surface area (Å²) in [7, 11) is 0. The number of aromatic nitrogens is 4. The fraction of sp³-hybridized carbons (Fsp3) is 0.333. The van der Waals surface area contributed by atoms with Crippen LogP contribution in [0.1, 0.15) is 32.4 Å². The smallest absolute Gasteiger partial charge is 0.338 e. The fourth-order valence-electron chi connectivity index (χ4n) is 2.51. The van der Waals surface area contributed by atoms with Gasteiger partial charge in [0.2, 0.25) is 5.95 Å². The Kier molecular flexibility index (Phi) is 4.04. The van der Waals surface area contributed by atoms with Gasteiger partial charge in [-0.15, -0.1) is 0 Å². The van der Waals surface area contributed by atoms with Gasteiger partial charge in [0.15, 0.2) is 0 Å². The average molecular weight is 334 g/mol. The monoisotopic (exact) mass is 333 g/mol. The van der Waals surface area contributed by atoms with Crippen LogP contribution in [-0.2, 0) is 9.53 Å². The van der Waals surface area contributed by atoms with E-state index in [9.17, 15) is 4.79 Å². The first-order chi connectivity index (χ1) is 11.0. The summed E-state index contributed by atoms with van der Waals surface area (Å²) in [5.74, 6) is 0.0784. The molecule has 8 heteroatoms. The Bertz CT molecular complexity index is 766. The Hall–Kier alpha value is -2.41. The Balaban J connectivity index is 2.10. The number of halogens is 1. The molecule has 2 heterocycles. The van der Waals surface area contributed by atoms with Gasteiger partial charge in [-0.25, -0.2) is 4.79 Å². The summed E-state index contributed by atoms with van der Waals surface area (Å²) in [5.41, 5.74) is 1.98. The van der Waals surface area contributed by atoms with Crippen LogP contribution in [0.3, 0.4) is 0 Å². The van der Waals surface area contributed by atoms with E-state index in [1.807, 2.05) is 26.0 Å². The molecule has 0 fully saturated rings. The topological polar surface area (TPSA) is 81.9 Å². The number of hydrogen-bond acceptors (Lipinski definition) is 6. The van der Waals surface area contributed by atoms with Crippen molar-refractivity contribution in [1.29, 1.82) is 0 Å². The first-order valence-electron chi connectivity index (χ1n) is 7.19. The van der Waals surface area contributed by atoms with Crippen molar-refractivity contribution < 1.29 is 9.53 Å². The minimum absolute atomic E-state index is 0.219. The van der Waals surface area contributed by atoms with Crippen LogP contribution in [0.2, 0.25) is 5.02 Å². The predicted molar refractivity (Wildman–Crippen MR) is 85.0 cm³/mol. The summed E-state index contributed by atoms with van der Waals surface area (Å²) in [6.45, 7) is 5.42. The molecule has 0 unspecified atom stereocenters. The molecule has 0 bridgehead atoms. The minimum atomic E-state index is -0.468. The second kappa shape index (κ2) is 6.00. The van der Waals surface area contributed by atoms with E-state index in [4.69, 9.17) is 16.3 Å². The third-order valence-corrected chi connectivity index (χ3v) is 3.71. The molecule has 1 N–H and O–H groups in total. The van der Waals surface area contributed by atoms with Gasteiger partial charge in [0.25, 0.3) is 0 Å². The number of hydrogen-bond donors (Lipinski definition) is 1. The van der Waals surface area contributed by atoms with Crippen molar-refractivity contribution in [3.8, 4) is 0 Å². The molecule has 1 aliphatic rings. The standard InChI is InChI=1S/C15H16ClN5O2/c1-8(2)23-14(22)12-9(3)17-15-18-19-20-21(15)13(12)10-4-6-11(16)7-5-10/h4-8,13H,1-3H3,(H,17,18,20)/t13-/m0/s1. The van der Waals surface area contributed by atoms with E-state index < -0.39 is 12.0 Å². The van der Waals surface area contributed by atoms with Crippen molar-refractivity contribution in [2.24, 2.45) is 0 Å². The SMILES string of the molecule is CC1=C(C(=O)OC(C)C)[C@H](c2ccc(Cl)cc2)n2nnnc2N1. The summed E-state index contributed by atoms with van der Waals surface area (Å²) in [4.78, 5) is 12.6. The zero-order chi connectivity index (χ0) is 16.6. The van der Waals surface area contributed by atoms with Crippen molar-refractivity contribution in [1.82, 2.24) is 20.2 Å². The van der Waals surface area contributed by atoms with Crippen molar-refractivity contribution in [2.45, 2.75) is 32.9 Å². The molecule has 1 atom stereocenters. The molecular formula is C15H16ClN5O2. The molecule has 3 rings (SSSR count). The molecule has 0 saturated carbocycles. The van der Waals surface area contributed by atoms with Crippen LogP contribution in [-0.4, -0.2) is 32.3 Å². The summed E-state index contributed by atoms with van der Waals surface area (Å²) in [6.07, 6.45) is -0.219. The molecule has 0 aliphatic carbocycles. The molecule has 1 aromatic carbocycles. The van der Waals surface area contributed by atoms with Crippen LogP contribution in [0.25, 0.3) is 0 Å². The zero-order valence-electron chi connectivity index (χ0n) is 12.9. The van der Waals surface area contributed by atoms with Crippen molar-refractivity contribution in [3.05, 3.63) is 46.1 Å². The van der Waals surface area contributed by atoms with Crippen LogP contribution in [0, 0.1) is 0 Å². The highest BCUT2D eigenvalue weighted by molar-refractivity contribution is 6.30. The summed E-state index contributed by atoms with van der Waals surface area (Å²) in [6, 6.07) is 6.76. The molecular weight excluding hydrogens is 318 g/mol. The van der Waals surface area contributed by atoms with Crippen LogP contribution >= 0.6 is 11.6 Å². The summed E-state index contributed by atoms with van der Waals surface area (Å²) >= 11 is 5.96. The number of carbonyl (C=O) groups excluding carboxylic acids is 1. The lowest BCUT2D eigenvalue weighted by atomic mass is 9.96. The number of esters is 1. The molecule has 0 saturated heterocycles. The second-order valence-corrected chi connectivity index (χ2v) is 5.96. The predicted octanol–water partition coefficient (Wildman–Crippen LogP) is 2.57. The number of allylic oxidation sites excluding steroid dienone is 1. The van der Waals surface area contributed by atoms with Crippen LogP contribution in [0.5, 0.6) is 0 Å². The highest BCUT2D eigenvalue weighted by Gasteiger charge is 2.35. The van der Waals surface area contributed by atoms with Crippen molar-refractivity contribution in [2.75, 3.05) is 5.32 Å². The average Bonchev–Trinajstić information content (AvgIpc) is 2.93. The van der Waals surface area contributed by atoms with Crippen molar-refractivity contribution in [3.63, 3.8) is 0 Å². The number of carbonyl (C=O) groups is 1. The van der Waals surface area contributed by atoms with Crippen molar-refractivity contribution >= 4 is 23.5 Å². The second-order valence-electron chi connectivity index (χ2n) is 5.52. The van der Waals surface area contributed by atoms with Gasteiger partial charge in [-0.1, -0.05) is 28.8 Å². The molecule has 0 radical (unpaired) electrons. The van der Waals surface area contributed by atoms with Crippen LogP contribution in [0.15, 0.2) is 35.5 Å². The maximum Gasteiger partial charge on any atom is 0.338 e. The van der Waals surface area contributed by atoms with Gasteiger partial charge < -0.3 is 10.1 Å². The van der Waals surface area contributed by atoms with Gasteiger partial charge >= 0.3 is 5.97 Å². The number of fused-ring (bicyclic) bond motifs is 1. The third kappa shape index (κ3) is 2.92. The number of tetrazole rings is 1. The minimum Gasteiger partial charge on any atom is -0.459 e. The summed E-state index contributed by atoms with van der Waals surface area (Å²) < 4.78 is 6.95. The zero-order valence-corrected chi connectivity index (χ0v) is 13.7. The Morgan fingerprint density at radius 2 is 2.04 bits per heavy atom. The lowest BCUT2D eigenvalue weighted by molar-refractivity contribution is -0.143. The third-order valence-electron chi connectivity index (χ3n) is 3.46. The number of ether oxygens (including phenoxy) is 1. The quantitative estimate of drug-likeness (QED) is 0.869. The highest BCUT2D eigenvalue weighted by atomic mass is 35.5. The number of anilines is 1. The number of rotatable bonds is 3. The molecule has 23 heavy (non-hydrogen) atoms.